The molecule has 1 N–H and O–H groups in total. The van der Waals surface area contributed by atoms with Gasteiger partial charge in [-0.15, -0.1) is 0 Å². The second kappa shape index (κ2) is 10.2. The summed E-state index contributed by atoms with van der Waals surface area (Å²) in [5.41, 5.74) is 0.197. The second-order valence-electron chi connectivity index (χ2n) is 5.65. The highest BCUT2D eigenvalue weighted by molar-refractivity contribution is 5.99. The molecule has 0 radical (unpaired) electrons. The van der Waals surface area contributed by atoms with Crippen LogP contribution in [-0.2, 0) is 14.3 Å². The normalized spacial score (nSPS) is 10.2. The fourth-order valence-electron chi connectivity index (χ4n) is 2.30. The molecule has 0 aliphatic carbocycles. The summed E-state index contributed by atoms with van der Waals surface area (Å²) in [5.74, 6) is -4.08. The van der Waals surface area contributed by atoms with Crippen molar-refractivity contribution >= 4 is 23.5 Å². The molecule has 0 aliphatic heterocycles. The van der Waals surface area contributed by atoms with Gasteiger partial charge in [-0.2, -0.15) is 0 Å². The number of hydrogen-bond acceptors (Lipinski definition) is 6. The molecule has 1 amide bonds. The Morgan fingerprint density at radius 3 is 2.00 bits per heavy atom. The maximum Gasteiger partial charge on any atom is 0.338 e. The summed E-state index contributed by atoms with van der Waals surface area (Å²) in [4.78, 5) is 36.1. The molecule has 2 aromatic rings. The molecule has 9 heteroatoms. The number of anilines is 1. The van der Waals surface area contributed by atoms with Crippen molar-refractivity contribution in [3.63, 3.8) is 0 Å². The zero-order valence-corrected chi connectivity index (χ0v) is 15.8. The lowest BCUT2D eigenvalue weighted by molar-refractivity contribution is -0.118. The van der Waals surface area contributed by atoms with Crippen molar-refractivity contribution in [2.75, 3.05) is 25.1 Å². The van der Waals surface area contributed by atoms with Gasteiger partial charge in [0.25, 0.3) is 5.91 Å². The molecular formula is C20H19F2NO6. The maximum atomic E-state index is 13.6. The molecule has 2 rings (SSSR count). The summed E-state index contributed by atoms with van der Waals surface area (Å²) in [6.07, 6.45) is 0. The highest BCUT2D eigenvalue weighted by Gasteiger charge is 2.16. The lowest BCUT2D eigenvalue weighted by Gasteiger charge is -2.11. The van der Waals surface area contributed by atoms with Gasteiger partial charge in [-0.3, -0.25) is 4.79 Å². The predicted octanol–water partition coefficient (Wildman–Crippen LogP) is 3.34. The van der Waals surface area contributed by atoms with Crippen LogP contribution in [0.15, 0.2) is 36.4 Å². The van der Waals surface area contributed by atoms with Crippen molar-refractivity contribution in [1.29, 1.82) is 0 Å². The number of carbonyl (C=O) groups excluding carboxylic acids is 3. The average Bonchev–Trinajstić information content (AvgIpc) is 2.67. The first-order valence-electron chi connectivity index (χ1n) is 8.71. The van der Waals surface area contributed by atoms with E-state index in [2.05, 4.69) is 5.32 Å². The molecule has 0 saturated carbocycles. The van der Waals surface area contributed by atoms with Crippen LogP contribution in [0.4, 0.5) is 14.5 Å². The Morgan fingerprint density at radius 1 is 0.897 bits per heavy atom. The molecule has 0 heterocycles. The van der Waals surface area contributed by atoms with Crippen LogP contribution >= 0.6 is 0 Å². The summed E-state index contributed by atoms with van der Waals surface area (Å²) in [7, 11) is 0. The van der Waals surface area contributed by atoms with Crippen LogP contribution in [0.3, 0.4) is 0 Å². The molecule has 29 heavy (non-hydrogen) atoms. The number of carbonyl (C=O) groups is 3. The number of nitrogens with one attached hydrogen (secondary N) is 1. The van der Waals surface area contributed by atoms with Crippen molar-refractivity contribution in [1.82, 2.24) is 0 Å². The van der Waals surface area contributed by atoms with Gasteiger partial charge in [-0.25, -0.2) is 18.4 Å². The minimum Gasteiger partial charge on any atom is -0.481 e. The smallest absolute Gasteiger partial charge is 0.338 e. The van der Waals surface area contributed by atoms with Gasteiger partial charge in [-0.1, -0.05) is 0 Å². The molecule has 0 atom stereocenters. The number of hydrogen-bond donors (Lipinski definition) is 1. The summed E-state index contributed by atoms with van der Waals surface area (Å²) < 4.78 is 41.3. The number of amides is 1. The van der Waals surface area contributed by atoms with E-state index in [1.54, 1.807) is 13.8 Å². The van der Waals surface area contributed by atoms with E-state index in [0.717, 1.165) is 12.1 Å². The Balaban J connectivity index is 2.15. The number of esters is 2. The van der Waals surface area contributed by atoms with E-state index in [-0.39, 0.29) is 35.8 Å². The van der Waals surface area contributed by atoms with Gasteiger partial charge in [0.15, 0.2) is 18.2 Å². The van der Waals surface area contributed by atoms with E-state index >= 15 is 0 Å². The second-order valence-corrected chi connectivity index (χ2v) is 5.65. The Labute approximate surface area is 165 Å². The van der Waals surface area contributed by atoms with Crippen LogP contribution in [0.1, 0.15) is 34.6 Å². The lowest BCUT2D eigenvalue weighted by atomic mass is 10.1. The van der Waals surface area contributed by atoms with Crippen LogP contribution in [-0.4, -0.2) is 37.7 Å². The topological polar surface area (TPSA) is 90.9 Å². The monoisotopic (exact) mass is 407 g/mol. The van der Waals surface area contributed by atoms with E-state index < -0.39 is 36.1 Å². The Hall–Kier alpha value is -3.49. The lowest BCUT2D eigenvalue weighted by Crippen LogP contribution is -2.21. The molecule has 0 bridgehead atoms. The summed E-state index contributed by atoms with van der Waals surface area (Å²) in [6.45, 7) is 2.92. The third-order valence-corrected chi connectivity index (χ3v) is 3.49. The summed E-state index contributed by atoms with van der Waals surface area (Å²) in [6, 6.07) is 6.59. The number of rotatable bonds is 8. The Kier molecular flexibility index (Phi) is 7.64. The minimum absolute atomic E-state index is 0.0400. The molecule has 0 saturated heterocycles. The van der Waals surface area contributed by atoms with Crippen molar-refractivity contribution in [3.05, 3.63) is 59.2 Å². The fourth-order valence-corrected chi connectivity index (χ4v) is 2.30. The Bertz CT molecular complexity index is 880. The maximum absolute atomic E-state index is 13.6. The minimum atomic E-state index is -0.952. The predicted molar refractivity (Wildman–Crippen MR) is 98.8 cm³/mol. The average molecular weight is 407 g/mol. The number of halogens is 2. The van der Waals surface area contributed by atoms with Crippen molar-refractivity contribution in [2.24, 2.45) is 0 Å². The summed E-state index contributed by atoms with van der Waals surface area (Å²) in [5, 5.41) is 2.44. The van der Waals surface area contributed by atoms with Crippen LogP contribution in [0, 0.1) is 11.6 Å². The molecular weight excluding hydrogens is 388 g/mol. The van der Waals surface area contributed by atoms with Gasteiger partial charge in [0.05, 0.1) is 24.3 Å². The first-order chi connectivity index (χ1) is 13.8. The summed E-state index contributed by atoms with van der Waals surface area (Å²) >= 11 is 0. The van der Waals surface area contributed by atoms with Gasteiger partial charge in [0.2, 0.25) is 0 Å². The third-order valence-electron chi connectivity index (χ3n) is 3.49. The molecule has 0 fully saturated rings. The first kappa shape index (κ1) is 21.8. The van der Waals surface area contributed by atoms with Gasteiger partial charge < -0.3 is 19.5 Å². The zero-order valence-electron chi connectivity index (χ0n) is 15.8. The van der Waals surface area contributed by atoms with E-state index in [1.165, 1.54) is 18.2 Å². The molecule has 2 aromatic carbocycles. The van der Waals surface area contributed by atoms with Crippen molar-refractivity contribution in [2.45, 2.75) is 13.8 Å². The molecule has 0 aliphatic rings. The largest absolute Gasteiger partial charge is 0.481 e. The van der Waals surface area contributed by atoms with Crippen LogP contribution < -0.4 is 10.1 Å². The molecule has 0 aromatic heterocycles. The van der Waals surface area contributed by atoms with Crippen LogP contribution in [0.2, 0.25) is 0 Å². The van der Waals surface area contributed by atoms with Crippen molar-refractivity contribution < 1.29 is 37.4 Å². The van der Waals surface area contributed by atoms with Crippen LogP contribution in [0.25, 0.3) is 0 Å². The molecule has 0 spiro atoms. The van der Waals surface area contributed by atoms with Gasteiger partial charge in [-0.05, 0) is 44.2 Å². The highest BCUT2D eigenvalue weighted by atomic mass is 19.1. The molecule has 154 valence electrons. The van der Waals surface area contributed by atoms with Crippen LogP contribution in [0.5, 0.6) is 5.75 Å². The number of benzene rings is 2. The fraction of sp³-hybridized carbons (Fsp3) is 0.250. The van der Waals surface area contributed by atoms with E-state index in [0.29, 0.717) is 6.07 Å². The van der Waals surface area contributed by atoms with Gasteiger partial charge >= 0.3 is 11.9 Å². The SMILES string of the molecule is CCOC(=O)c1cc(NC(=O)COc2ccc(F)cc2F)cc(C(=O)OCC)c1. The standard InChI is InChI=1S/C20H19F2NO6/c1-3-27-19(25)12-7-13(20(26)28-4-2)9-15(8-12)23-18(24)11-29-17-6-5-14(21)10-16(17)22/h5-10H,3-4,11H2,1-2H3,(H,23,24). The first-order valence-corrected chi connectivity index (χ1v) is 8.71. The third kappa shape index (κ3) is 6.27. The van der Waals surface area contributed by atoms with E-state index in [4.69, 9.17) is 14.2 Å². The zero-order chi connectivity index (χ0) is 21.4. The molecule has 7 nitrogen and oxygen atoms in total. The van der Waals surface area contributed by atoms with Crippen molar-refractivity contribution in [3.8, 4) is 5.75 Å². The Morgan fingerprint density at radius 2 is 1.48 bits per heavy atom. The van der Waals surface area contributed by atoms with E-state index in [9.17, 15) is 23.2 Å². The highest BCUT2D eigenvalue weighted by Crippen LogP contribution is 2.19. The van der Waals surface area contributed by atoms with E-state index in [1.807, 2.05) is 0 Å². The van der Waals surface area contributed by atoms with Gasteiger partial charge in [0.1, 0.15) is 5.82 Å². The van der Waals surface area contributed by atoms with Gasteiger partial charge in [0, 0.05) is 11.8 Å². The number of ether oxygens (including phenoxy) is 3. The molecule has 0 unspecified atom stereocenters. The quantitative estimate of drug-likeness (QED) is 0.675.